The van der Waals surface area contributed by atoms with Gasteiger partial charge in [0.1, 0.15) is 11.4 Å². The van der Waals surface area contributed by atoms with Crippen molar-refractivity contribution in [3.63, 3.8) is 0 Å². The summed E-state index contributed by atoms with van der Waals surface area (Å²) in [7, 11) is 0. The van der Waals surface area contributed by atoms with Crippen molar-refractivity contribution in [2.45, 2.75) is 132 Å². The van der Waals surface area contributed by atoms with E-state index in [-0.39, 0.29) is 5.60 Å². The van der Waals surface area contributed by atoms with Crippen molar-refractivity contribution in [2.75, 3.05) is 0 Å². The molecule has 0 aliphatic carbocycles. The molecule has 0 amide bonds. The van der Waals surface area contributed by atoms with Gasteiger partial charge in [-0.1, -0.05) is 72.6 Å². The molecule has 1 radical (unpaired) electrons. The number of ether oxygens (including phenoxy) is 1. The first kappa shape index (κ1) is 25.3. The standard InChI is InChI=1S/C29H49O/c1-21(2)12-9-13-22(3)14-10-15-23(4)16-11-18-29(8)19-17-27-25(6)20-24(5)26(7)28(27)30-29/h21-23H,9-19H2,1-8H3/t22-,23-,29?/m1/s1. The highest BCUT2D eigenvalue weighted by Gasteiger charge is 2.33. The Bertz CT molecular complexity index is 659. The van der Waals surface area contributed by atoms with Crippen LogP contribution in [-0.2, 0) is 6.42 Å². The highest BCUT2D eigenvalue weighted by atomic mass is 16.5. The third-order valence-corrected chi connectivity index (χ3v) is 7.53. The number of hydrogen-bond acceptors (Lipinski definition) is 1. The minimum atomic E-state index is 0.00262. The number of rotatable bonds is 12. The molecule has 0 saturated carbocycles. The van der Waals surface area contributed by atoms with Crippen LogP contribution in [0.4, 0.5) is 0 Å². The predicted molar refractivity (Wildman–Crippen MR) is 132 cm³/mol. The van der Waals surface area contributed by atoms with Gasteiger partial charge in [-0.2, -0.15) is 0 Å². The molecule has 0 spiro atoms. The molecule has 1 unspecified atom stereocenters. The Morgan fingerprint density at radius 2 is 1.40 bits per heavy atom. The highest BCUT2D eigenvalue weighted by molar-refractivity contribution is 5.50. The molecule has 30 heavy (non-hydrogen) atoms. The molecule has 171 valence electrons. The van der Waals surface area contributed by atoms with Gasteiger partial charge in [-0.15, -0.1) is 0 Å². The van der Waals surface area contributed by atoms with Gasteiger partial charge in [0.15, 0.2) is 0 Å². The fourth-order valence-corrected chi connectivity index (χ4v) is 5.12. The number of aryl methyl sites for hydroxylation is 2. The maximum atomic E-state index is 6.64. The van der Waals surface area contributed by atoms with Gasteiger partial charge in [0, 0.05) is 0 Å². The lowest BCUT2D eigenvalue weighted by molar-refractivity contribution is 0.0513. The SMILES string of the molecule is Cc1[c]c(C)c2c(c1C)OC(C)(CCC[C@H](C)CCC[C@H](C)CCCC(C)C)CC2. The summed E-state index contributed by atoms with van der Waals surface area (Å²) in [5, 5.41) is 0. The van der Waals surface area contributed by atoms with Crippen LogP contribution in [0.1, 0.15) is 121 Å². The molecule has 0 N–H and O–H groups in total. The highest BCUT2D eigenvalue weighted by Crippen LogP contribution is 2.40. The van der Waals surface area contributed by atoms with Crippen LogP contribution in [0.15, 0.2) is 0 Å². The molecule has 0 saturated heterocycles. The van der Waals surface area contributed by atoms with E-state index in [0.29, 0.717) is 0 Å². The van der Waals surface area contributed by atoms with Crippen LogP contribution in [-0.4, -0.2) is 5.60 Å². The van der Waals surface area contributed by atoms with Gasteiger partial charge in [-0.25, -0.2) is 0 Å². The van der Waals surface area contributed by atoms with E-state index in [0.717, 1.165) is 36.3 Å². The molecule has 1 aromatic carbocycles. The lowest BCUT2D eigenvalue weighted by Gasteiger charge is -2.38. The summed E-state index contributed by atoms with van der Waals surface area (Å²) < 4.78 is 6.64. The second kappa shape index (κ2) is 11.6. The number of benzene rings is 1. The van der Waals surface area contributed by atoms with Gasteiger partial charge in [0.2, 0.25) is 0 Å². The van der Waals surface area contributed by atoms with E-state index < -0.39 is 0 Å². The zero-order valence-corrected chi connectivity index (χ0v) is 21.4. The quantitative estimate of drug-likeness (QED) is 0.332. The molecule has 0 aromatic heterocycles. The van der Waals surface area contributed by atoms with Crippen molar-refractivity contribution in [1.29, 1.82) is 0 Å². The summed E-state index contributed by atoms with van der Waals surface area (Å²) in [6, 6.07) is 3.52. The molecule has 0 fully saturated rings. The largest absolute Gasteiger partial charge is 0.487 e. The average molecular weight is 414 g/mol. The Balaban J connectivity index is 1.70. The smallest absolute Gasteiger partial charge is 0.126 e. The minimum Gasteiger partial charge on any atom is -0.487 e. The normalized spacial score (nSPS) is 20.7. The van der Waals surface area contributed by atoms with E-state index in [9.17, 15) is 0 Å². The maximum absolute atomic E-state index is 6.64. The summed E-state index contributed by atoms with van der Waals surface area (Å²) >= 11 is 0. The monoisotopic (exact) mass is 413 g/mol. The predicted octanol–water partition coefficient (Wildman–Crippen LogP) is 8.93. The van der Waals surface area contributed by atoms with Gasteiger partial charge >= 0.3 is 0 Å². The summed E-state index contributed by atoms with van der Waals surface area (Å²) in [6.07, 6.45) is 14.5. The first-order valence-electron chi connectivity index (χ1n) is 12.8. The summed E-state index contributed by atoms with van der Waals surface area (Å²) in [5.41, 5.74) is 5.21. The molecule has 1 heteroatoms. The van der Waals surface area contributed by atoms with Crippen molar-refractivity contribution in [1.82, 2.24) is 0 Å². The summed E-state index contributed by atoms with van der Waals surface area (Å²) in [4.78, 5) is 0. The van der Waals surface area contributed by atoms with Gasteiger partial charge < -0.3 is 4.74 Å². The van der Waals surface area contributed by atoms with Gasteiger partial charge in [-0.3, -0.25) is 0 Å². The van der Waals surface area contributed by atoms with Crippen LogP contribution in [0, 0.1) is 44.6 Å². The van der Waals surface area contributed by atoms with Gasteiger partial charge in [-0.05, 0) is 99.5 Å². The van der Waals surface area contributed by atoms with Crippen molar-refractivity contribution >= 4 is 0 Å². The molecule has 1 nitrogen and oxygen atoms in total. The van der Waals surface area contributed by atoms with E-state index in [1.54, 1.807) is 0 Å². The van der Waals surface area contributed by atoms with Crippen molar-refractivity contribution in [3.05, 3.63) is 28.3 Å². The van der Waals surface area contributed by atoms with E-state index in [1.807, 2.05) is 0 Å². The lowest BCUT2D eigenvalue weighted by Crippen LogP contribution is -2.37. The fraction of sp³-hybridized carbons (Fsp3) is 0.793. The Morgan fingerprint density at radius 3 is 2.00 bits per heavy atom. The Hall–Kier alpha value is -0.980. The van der Waals surface area contributed by atoms with E-state index in [2.05, 4.69) is 61.5 Å². The van der Waals surface area contributed by atoms with Gasteiger partial charge in [0.05, 0.1) is 0 Å². The third-order valence-electron chi connectivity index (χ3n) is 7.53. The topological polar surface area (TPSA) is 9.23 Å². The lowest BCUT2D eigenvalue weighted by atomic mass is 9.84. The van der Waals surface area contributed by atoms with Gasteiger partial charge in [0.25, 0.3) is 0 Å². The molecule has 1 aliphatic rings. The first-order chi connectivity index (χ1) is 14.1. The average Bonchev–Trinajstić information content (AvgIpc) is 2.65. The van der Waals surface area contributed by atoms with Crippen LogP contribution in [0.3, 0.4) is 0 Å². The summed E-state index contributed by atoms with van der Waals surface area (Å²) in [6.45, 7) is 18.5. The van der Waals surface area contributed by atoms with Crippen molar-refractivity contribution in [3.8, 4) is 5.75 Å². The minimum absolute atomic E-state index is 0.00262. The zero-order chi connectivity index (χ0) is 22.3. The zero-order valence-electron chi connectivity index (χ0n) is 21.4. The van der Waals surface area contributed by atoms with Crippen LogP contribution in [0.2, 0.25) is 0 Å². The Kier molecular flexibility index (Phi) is 9.76. The van der Waals surface area contributed by atoms with Crippen LogP contribution in [0.5, 0.6) is 5.75 Å². The maximum Gasteiger partial charge on any atom is 0.126 e. The van der Waals surface area contributed by atoms with Crippen LogP contribution >= 0.6 is 0 Å². The van der Waals surface area contributed by atoms with Crippen LogP contribution in [0.25, 0.3) is 0 Å². The van der Waals surface area contributed by atoms with E-state index in [1.165, 1.54) is 80.0 Å². The molecule has 0 bridgehead atoms. The summed E-state index contributed by atoms with van der Waals surface area (Å²) in [5.74, 6) is 3.76. The molecule has 1 aliphatic heterocycles. The Morgan fingerprint density at radius 1 is 0.833 bits per heavy atom. The molecular weight excluding hydrogens is 364 g/mol. The molecule has 3 atom stereocenters. The molecular formula is C29H49O. The van der Waals surface area contributed by atoms with Crippen molar-refractivity contribution < 1.29 is 4.74 Å². The number of fused-ring (bicyclic) bond motifs is 1. The third kappa shape index (κ3) is 7.61. The molecule has 1 heterocycles. The Labute approximate surface area is 188 Å². The molecule has 1 aromatic rings. The second-order valence-corrected chi connectivity index (χ2v) is 11.2. The second-order valence-electron chi connectivity index (χ2n) is 11.2. The van der Waals surface area contributed by atoms with E-state index in [4.69, 9.17) is 4.74 Å². The van der Waals surface area contributed by atoms with Crippen molar-refractivity contribution in [2.24, 2.45) is 17.8 Å². The fourth-order valence-electron chi connectivity index (χ4n) is 5.12. The van der Waals surface area contributed by atoms with E-state index >= 15 is 0 Å². The number of hydrogen-bond donors (Lipinski definition) is 0. The molecule has 2 rings (SSSR count). The van der Waals surface area contributed by atoms with Crippen LogP contribution < -0.4 is 4.74 Å². The first-order valence-corrected chi connectivity index (χ1v) is 12.8.